The number of esters is 1. The molecule has 2 unspecified atom stereocenters. The molecule has 0 aromatic rings. The number of nitrogens with zero attached hydrogens (tertiary/aromatic N) is 2. The molecule has 0 aromatic heterocycles. The van der Waals surface area contributed by atoms with Gasteiger partial charge in [-0.2, -0.15) is 0 Å². The summed E-state index contributed by atoms with van der Waals surface area (Å²) >= 11 is 0. The quantitative estimate of drug-likeness (QED) is 0.733. The van der Waals surface area contributed by atoms with E-state index >= 15 is 0 Å². The standard InChI is InChI=1S/C18H28N2O4/c1-4-7-14(18(23)24-3)19-11(2)16(21)20-13-9-6-5-8-12(13)10-15(20)17(19)22/h11-15H,4-10H2,1-3H3/t11-,12-,13-,14?,15?/m1/s1. The molecule has 134 valence electrons. The van der Waals surface area contributed by atoms with Crippen molar-refractivity contribution in [1.82, 2.24) is 9.80 Å². The molecule has 0 radical (unpaired) electrons. The minimum Gasteiger partial charge on any atom is -0.467 e. The van der Waals surface area contributed by atoms with Crippen molar-refractivity contribution in [2.75, 3.05) is 7.11 Å². The van der Waals surface area contributed by atoms with Gasteiger partial charge in [-0.1, -0.05) is 26.2 Å². The third-order valence-electron chi connectivity index (χ3n) is 6.03. The number of hydrogen-bond donors (Lipinski definition) is 0. The SMILES string of the molecule is CCCC(C(=O)OC)N1C(=O)C2C[C@H]3CCCC[C@H]3N2C(=O)[C@H]1C. The Morgan fingerprint density at radius 3 is 2.62 bits per heavy atom. The molecule has 0 N–H and O–H groups in total. The van der Waals surface area contributed by atoms with Crippen LogP contribution in [-0.4, -0.2) is 58.9 Å². The maximum absolute atomic E-state index is 13.2. The molecule has 3 aliphatic rings. The maximum atomic E-state index is 13.2. The van der Waals surface area contributed by atoms with Crippen LogP contribution in [0, 0.1) is 5.92 Å². The van der Waals surface area contributed by atoms with E-state index in [4.69, 9.17) is 4.74 Å². The van der Waals surface area contributed by atoms with Gasteiger partial charge >= 0.3 is 5.97 Å². The molecule has 5 atom stereocenters. The number of carbonyl (C=O) groups is 3. The Morgan fingerprint density at radius 1 is 1.25 bits per heavy atom. The minimum atomic E-state index is -0.656. The minimum absolute atomic E-state index is 0.000920. The van der Waals surface area contributed by atoms with Crippen molar-refractivity contribution in [1.29, 1.82) is 0 Å². The first-order valence-electron chi connectivity index (χ1n) is 9.23. The summed E-state index contributed by atoms with van der Waals surface area (Å²) in [6.07, 6.45) is 6.44. The van der Waals surface area contributed by atoms with Gasteiger partial charge in [0, 0.05) is 6.04 Å². The first kappa shape index (κ1) is 17.2. The third-order valence-corrected chi connectivity index (χ3v) is 6.03. The molecular formula is C18H28N2O4. The highest BCUT2D eigenvalue weighted by Gasteiger charge is 2.55. The average Bonchev–Trinajstić information content (AvgIpc) is 2.98. The summed E-state index contributed by atoms with van der Waals surface area (Å²) in [6, 6.07) is -1.42. The molecule has 3 rings (SSSR count). The second-order valence-electron chi connectivity index (χ2n) is 7.36. The zero-order valence-corrected chi connectivity index (χ0v) is 14.9. The molecule has 6 nitrogen and oxygen atoms in total. The Hall–Kier alpha value is -1.59. The van der Waals surface area contributed by atoms with Crippen LogP contribution in [0.5, 0.6) is 0 Å². The summed E-state index contributed by atoms with van der Waals surface area (Å²) in [5.41, 5.74) is 0. The van der Waals surface area contributed by atoms with Gasteiger partial charge in [0.25, 0.3) is 0 Å². The summed E-state index contributed by atoms with van der Waals surface area (Å²) in [6.45, 7) is 3.71. The van der Waals surface area contributed by atoms with E-state index in [1.165, 1.54) is 18.4 Å². The molecule has 0 spiro atoms. The maximum Gasteiger partial charge on any atom is 0.328 e. The van der Waals surface area contributed by atoms with Gasteiger partial charge in [-0.15, -0.1) is 0 Å². The van der Waals surface area contributed by atoms with Gasteiger partial charge in [0.1, 0.15) is 18.1 Å². The summed E-state index contributed by atoms with van der Waals surface area (Å²) in [5.74, 6) is -0.0559. The molecular weight excluding hydrogens is 308 g/mol. The summed E-state index contributed by atoms with van der Waals surface area (Å²) < 4.78 is 4.90. The van der Waals surface area contributed by atoms with E-state index in [2.05, 4.69) is 0 Å². The number of piperazine rings is 1. The fourth-order valence-electron chi connectivity index (χ4n) is 4.90. The Kier molecular flexibility index (Phi) is 4.83. The Bertz CT molecular complexity index is 535. The molecule has 1 saturated carbocycles. The van der Waals surface area contributed by atoms with E-state index in [0.717, 1.165) is 32.1 Å². The second-order valence-corrected chi connectivity index (χ2v) is 7.36. The molecule has 6 heteroatoms. The average molecular weight is 336 g/mol. The molecule has 3 fully saturated rings. The number of carbonyl (C=O) groups excluding carboxylic acids is 3. The number of fused-ring (bicyclic) bond motifs is 3. The van der Waals surface area contributed by atoms with Gasteiger partial charge in [-0.3, -0.25) is 9.59 Å². The number of methoxy groups -OCH3 is 1. The lowest BCUT2D eigenvalue weighted by atomic mass is 9.85. The summed E-state index contributed by atoms with van der Waals surface area (Å²) in [5, 5.41) is 0. The van der Waals surface area contributed by atoms with Gasteiger partial charge < -0.3 is 14.5 Å². The van der Waals surface area contributed by atoms with Crippen molar-refractivity contribution in [3.63, 3.8) is 0 Å². The van der Waals surface area contributed by atoms with Crippen molar-refractivity contribution in [2.24, 2.45) is 5.92 Å². The molecule has 2 saturated heterocycles. The first-order valence-corrected chi connectivity index (χ1v) is 9.23. The van der Waals surface area contributed by atoms with Gasteiger partial charge in [0.05, 0.1) is 7.11 Å². The van der Waals surface area contributed by atoms with Crippen molar-refractivity contribution in [3.05, 3.63) is 0 Å². The number of amides is 2. The lowest BCUT2D eigenvalue weighted by Crippen LogP contribution is -2.66. The molecule has 2 heterocycles. The highest BCUT2D eigenvalue weighted by molar-refractivity contribution is 5.99. The first-order chi connectivity index (χ1) is 11.5. The zero-order valence-electron chi connectivity index (χ0n) is 14.9. The van der Waals surface area contributed by atoms with E-state index in [-0.39, 0.29) is 23.9 Å². The Labute approximate surface area is 143 Å². The van der Waals surface area contributed by atoms with Crippen LogP contribution in [0.25, 0.3) is 0 Å². The fraction of sp³-hybridized carbons (Fsp3) is 0.833. The monoisotopic (exact) mass is 336 g/mol. The number of hydrogen-bond acceptors (Lipinski definition) is 4. The third kappa shape index (κ3) is 2.60. The molecule has 0 aromatic carbocycles. The molecule has 2 amide bonds. The van der Waals surface area contributed by atoms with Gasteiger partial charge in [-0.05, 0) is 38.5 Å². The van der Waals surface area contributed by atoms with Crippen LogP contribution in [0.15, 0.2) is 0 Å². The predicted molar refractivity (Wildman–Crippen MR) is 88.0 cm³/mol. The largest absolute Gasteiger partial charge is 0.467 e. The van der Waals surface area contributed by atoms with Crippen LogP contribution < -0.4 is 0 Å². The Balaban J connectivity index is 1.90. The van der Waals surface area contributed by atoms with E-state index in [0.29, 0.717) is 12.3 Å². The van der Waals surface area contributed by atoms with Crippen molar-refractivity contribution in [2.45, 2.75) is 83.0 Å². The number of rotatable bonds is 4. The molecule has 24 heavy (non-hydrogen) atoms. The van der Waals surface area contributed by atoms with E-state index < -0.39 is 18.1 Å². The van der Waals surface area contributed by atoms with Crippen LogP contribution in [0.2, 0.25) is 0 Å². The van der Waals surface area contributed by atoms with E-state index in [1.54, 1.807) is 6.92 Å². The van der Waals surface area contributed by atoms with Gasteiger partial charge in [0.15, 0.2) is 0 Å². The van der Waals surface area contributed by atoms with Crippen LogP contribution in [0.3, 0.4) is 0 Å². The lowest BCUT2D eigenvalue weighted by molar-refractivity contribution is -0.169. The van der Waals surface area contributed by atoms with Crippen LogP contribution in [-0.2, 0) is 19.1 Å². The van der Waals surface area contributed by atoms with Crippen LogP contribution >= 0.6 is 0 Å². The van der Waals surface area contributed by atoms with Crippen molar-refractivity contribution in [3.8, 4) is 0 Å². The highest BCUT2D eigenvalue weighted by Crippen LogP contribution is 2.43. The smallest absolute Gasteiger partial charge is 0.328 e. The van der Waals surface area contributed by atoms with Crippen LogP contribution in [0.1, 0.15) is 58.8 Å². The fourth-order valence-corrected chi connectivity index (χ4v) is 4.90. The highest BCUT2D eigenvalue weighted by atomic mass is 16.5. The second kappa shape index (κ2) is 6.73. The molecule has 1 aliphatic carbocycles. The normalized spacial score (nSPS) is 34.0. The molecule has 0 bridgehead atoms. The van der Waals surface area contributed by atoms with E-state index in [1.807, 2.05) is 11.8 Å². The van der Waals surface area contributed by atoms with Crippen molar-refractivity contribution >= 4 is 17.8 Å². The van der Waals surface area contributed by atoms with Gasteiger partial charge in [0.2, 0.25) is 11.8 Å². The van der Waals surface area contributed by atoms with Gasteiger partial charge in [-0.25, -0.2) is 4.79 Å². The van der Waals surface area contributed by atoms with Crippen LogP contribution in [0.4, 0.5) is 0 Å². The zero-order chi connectivity index (χ0) is 17.4. The number of ether oxygens (including phenoxy) is 1. The Morgan fingerprint density at radius 2 is 1.96 bits per heavy atom. The summed E-state index contributed by atoms with van der Waals surface area (Å²) in [4.78, 5) is 41.8. The topological polar surface area (TPSA) is 66.9 Å². The van der Waals surface area contributed by atoms with Crippen molar-refractivity contribution < 1.29 is 19.1 Å². The van der Waals surface area contributed by atoms with E-state index in [9.17, 15) is 14.4 Å². The predicted octanol–water partition coefficient (Wildman–Crippen LogP) is 1.72. The summed E-state index contributed by atoms with van der Waals surface area (Å²) in [7, 11) is 1.34. The lowest BCUT2D eigenvalue weighted by Gasteiger charge is -2.45. The molecule has 2 aliphatic heterocycles.